The molecule has 1 heterocycles. The van der Waals surface area contributed by atoms with Crippen molar-refractivity contribution in [2.75, 3.05) is 26.9 Å². The van der Waals surface area contributed by atoms with E-state index in [1.54, 1.807) is 7.11 Å². The third-order valence-electron chi connectivity index (χ3n) is 3.98. The van der Waals surface area contributed by atoms with Crippen LogP contribution >= 0.6 is 0 Å². The Morgan fingerprint density at radius 3 is 2.76 bits per heavy atom. The van der Waals surface area contributed by atoms with Gasteiger partial charge in [0, 0.05) is 12.0 Å². The number of ether oxygens (including phenoxy) is 3. The van der Waals surface area contributed by atoms with Crippen molar-refractivity contribution in [2.45, 2.75) is 12.5 Å². The van der Waals surface area contributed by atoms with Gasteiger partial charge in [-0.1, -0.05) is 18.2 Å². The lowest BCUT2D eigenvalue weighted by atomic mass is 10.0. The summed E-state index contributed by atoms with van der Waals surface area (Å²) in [4.78, 5) is 4.33. The standard InChI is InChI=1S/C19H23N3O3/c1-23-14-6-8-15(9-7-14)24-13-11-21-19(20)22-17-10-12-25-18-5-3-2-4-16(17)18/h2-9,17H,10-13H2,1H3,(H3,20,21,22). The highest BCUT2D eigenvalue weighted by atomic mass is 16.5. The van der Waals surface area contributed by atoms with Crippen molar-refractivity contribution < 1.29 is 14.2 Å². The van der Waals surface area contributed by atoms with Crippen LogP contribution in [0, 0.1) is 0 Å². The van der Waals surface area contributed by atoms with Gasteiger partial charge in [0.25, 0.3) is 0 Å². The number of rotatable bonds is 6. The molecule has 0 aromatic heterocycles. The van der Waals surface area contributed by atoms with Crippen LogP contribution in [0.4, 0.5) is 0 Å². The van der Waals surface area contributed by atoms with Crippen molar-refractivity contribution in [1.82, 2.24) is 5.32 Å². The molecule has 3 rings (SSSR count). The van der Waals surface area contributed by atoms with E-state index in [2.05, 4.69) is 10.3 Å². The van der Waals surface area contributed by atoms with E-state index in [1.165, 1.54) is 0 Å². The van der Waals surface area contributed by atoms with Crippen LogP contribution in [0.2, 0.25) is 0 Å². The number of fused-ring (bicyclic) bond motifs is 1. The third kappa shape index (κ3) is 4.56. The number of nitrogens with one attached hydrogen (secondary N) is 1. The van der Waals surface area contributed by atoms with E-state index < -0.39 is 0 Å². The highest BCUT2D eigenvalue weighted by Crippen LogP contribution is 2.31. The van der Waals surface area contributed by atoms with Gasteiger partial charge in [0.2, 0.25) is 0 Å². The molecule has 0 spiro atoms. The molecule has 0 radical (unpaired) electrons. The van der Waals surface area contributed by atoms with Crippen LogP contribution in [0.5, 0.6) is 17.2 Å². The van der Waals surface area contributed by atoms with Crippen molar-refractivity contribution >= 4 is 5.96 Å². The predicted molar refractivity (Wildman–Crippen MR) is 97.4 cm³/mol. The molecule has 1 aliphatic rings. The summed E-state index contributed by atoms with van der Waals surface area (Å²) >= 11 is 0. The van der Waals surface area contributed by atoms with Crippen LogP contribution in [0.3, 0.4) is 0 Å². The van der Waals surface area contributed by atoms with Crippen LogP contribution in [0.25, 0.3) is 0 Å². The Balaban J connectivity index is 1.48. The van der Waals surface area contributed by atoms with Crippen molar-refractivity contribution in [1.29, 1.82) is 0 Å². The molecular formula is C19H23N3O3. The summed E-state index contributed by atoms with van der Waals surface area (Å²) in [5.41, 5.74) is 7.12. The van der Waals surface area contributed by atoms with Crippen molar-refractivity contribution in [2.24, 2.45) is 10.7 Å². The molecule has 2 aromatic rings. The Morgan fingerprint density at radius 1 is 1.20 bits per heavy atom. The molecule has 1 unspecified atom stereocenters. The maximum atomic E-state index is 6.01. The first kappa shape index (κ1) is 17.0. The van der Waals surface area contributed by atoms with Gasteiger partial charge in [0.05, 0.1) is 26.3 Å². The maximum Gasteiger partial charge on any atom is 0.189 e. The molecule has 0 saturated heterocycles. The van der Waals surface area contributed by atoms with Crippen molar-refractivity contribution in [3.05, 3.63) is 54.1 Å². The first-order valence-corrected chi connectivity index (χ1v) is 8.31. The van der Waals surface area contributed by atoms with Gasteiger partial charge in [0.15, 0.2) is 5.96 Å². The largest absolute Gasteiger partial charge is 0.497 e. The highest BCUT2D eigenvalue weighted by molar-refractivity contribution is 5.78. The normalized spacial score (nSPS) is 16.5. The number of nitrogens with zero attached hydrogens (tertiary/aromatic N) is 1. The summed E-state index contributed by atoms with van der Waals surface area (Å²) in [5, 5.41) is 3.26. The number of methoxy groups -OCH3 is 1. The zero-order valence-corrected chi connectivity index (χ0v) is 14.3. The SMILES string of the molecule is COc1ccc(OCCN=C(N)NC2CCOc3ccccc32)cc1. The minimum Gasteiger partial charge on any atom is -0.497 e. The summed E-state index contributed by atoms with van der Waals surface area (Å²) in [6.45, 7) is 1.61. The summed E-state index contributed by atoms with van der Waals surface area (Å²) in [6, 6.07) is 15.6. The van der Waals surface area contributed by atoms with E-state index in [4.69, 9.17) is 19.9 Å². The molecule has 0 saturated carbocycles. The van der Waals surface area contributed by atoms with Gasteiger partial charge in [-0.05, 0) is 30.3 Å². The van der Waals surface area contributed by atoms with Gasteiger partial charge in [-0.15, -0.1) is 0 Å². The lowest BCUT2D eigenvalue weighted by Gasteiger charge is -2.26. The van der Waals surface area contributed by atoms with E-state index in [1.807, 2.05) is 48.5 Å². The topological polar surface area (TPSA) is 78.1 Å². The fourth-order valence-corrected chi connectivity index (χ4v) is 2.72. The molecule has 25 heavy (non-hydrogen) atoms. The number of aliphatic imine (C=N–C) groups is 1. The van der Waals surface area contributed by atoms with Gasteiger partial charge >= 0.3 is 0 Å². The second kappa shape index (κ2) is 8.28. The Bertz CT molecular complexity index is 716. The zero-order chi connectivity index (χ0) is 17.5. The number of hydrogen-bond donors (Lipinski definition) is 2. The van der Waals surface area contributed by atoms with Crippen molar-refractivity contribution in [3.63, 3.8) is 0 Å². The molecule has 0 amide bonds. The second-order valence-corrected chi connectivity index (χ2v) is 5.66. The fraction of sp³-hybridized carbons (Fsp3) is 0.316. The van der Waals surface area contributed by atoms with Gasteiger partial charge in [-0.3, -0.25) is 0 Å². The predicted octanol–water partition coefficient (Wildman–Crippen LogP) is 2.50. The Hall–Kier alpha value is -2.89. The number of benzene rings is 2. The Kier molecular flexibility index (Phi) is 5.61. The summed E-state index contributed by atoms with van der Waals surface area (Å²) in [7, 11) is 1.64. The highest BCUT2D eigenvalue weighted by Gasteiger charge is 2.21. The van der Waals surface area contributed by atoms with Gasteiger partial charge in [-0.2, -0.15) is 0 Å². The molecule has 2 aromatic carbocycles. The summed E-state index contributed by atoms with van der Waals surface area (Å²) in [5.74, 6) is 2.90. The molecule has 3 N–H and O–H groups in total. The van der Waals surface area contributed by atoms with Gasteiger partial charge in [-0.25, -0.2) is 4.99 Å². The first-order chi connectivity index (χ1) is 12.3. The number of para-hydroxylation sites is 1. The summed E-state index contributed by atoms with van der Waals surface area (Å²) < 4.78 is 16.4. The van der Waals surface area contributed by atoms with E-state index in [-0.39, 0.29) is 6.04 Å². The van der Waals surface area contributed by atoms with E-state index in [0.717, 1.165) is 29.2 Å². The van der Waals surface area contributed by atoms with Crippen LogP contribution in [0.15, 0.2) is 53.5 Å². The third-order valence-corrected chi connectivity index (χ3v) is 3.98. The number of guanidine groups is 1. The number of hydrogen-bond acceptors (Lipinski definition) is 4. The van der Waals surface area contributed by atoms with Crippen molar-refractivity contribution in [3.8, 4) is 17.2 Å². The van der Waals surface area contributed by atoms with E-state index in [9.17, 15) is 0 Å². The molecule has 6 nitrogen and oxygen atoms in total. The molecule has 0 fully saturated rings. The van der Waals surface area contributed by atoms with Gasteiger partial charge in [0.1, 0.15) is 23.9 Å². The molecule has 0 bridgehead atoms. The minimum absolute atomic E-state index is 0.121. The minimum atomic E-state index is 0.121. The van der Waals surface area contributed by atoms with Crippen LogP contribution in [-0.2, 0) is 0 Å². The fourth-order valence-electron chi connectivity index (χ4n) is 2.72. The monoisotopic (exact) mass is 341 g/mol. The molecule has 1 atom stereocenters. The molecule has 1 aliphatic heterocycles. The summed E-state index contributed by atoms with van der Waals surface area (Å²) in [6.07, 6.45) is 0.857. The molecule has 132 valence electrons. The van der Waals surface area contributed by atoms with Gasteiger partial charge < -0.3 is 25.3 Å². The lowest BCUT2D eigenvalue weighted by molar-refractivity contribution is 0.262. The zero-order valence-electron chi connectivity index (χ0n) is 14.3. The smallest absolute Gasteiger partial charge is 0.189 e. The molecular weight excluding hydrogens is 318 g/mol. The van der Waals surface area contributed by atoms with Crippen LogP contribution in [0.1, 0.15) is 18.0 Å². The van der Waals surface area contributed by atoms with E-state index in [0.29, 0.717) is 25.7 Å². The molecule has 0 aliphatic carbocycles. The Labute approximate surface area is 147 Å². The van der Waals surface area contributed by atoms with Crippen LogP contribution < -0.4 is 25.3 Å². The first-order valence-electron chi connectivity index (χ1n) is 8.31. The second-order valence-electron chi connectivity index (χ2n) is 5.66. The quantitative estimate of drug-likeness (QED) is 0.479. The van der Waals surface area contributed by atoms with E-state index >= 15 is 0 Å². The molecule has 6 heteroatoms. The lowest BCUT2D eigenvalue weighted by Crippen LogP contribution is -2.37. The average molecular weight is 341 g/mol. The van der Waals surface area contributed by atoms with Crippen LogP contribution in [-0.4, -0.2) is 32.8 Å². The Morgan fingerprint density at radius 2 is 1.96 bits per heavy atom. The average Bonchev–Trinajstić information content (AvgIpc) is 2.66. The number of nitrogens with two attached hydrogens (primary N) is 1. The maximum absolute atomic E-state index is 6.01.